The van der Waals surface area contributed by atoms with Gasteiger partial charge in [0.15, 0.2) is 5.56 Å². The van der Waals surface area contributed by atoms with Crippen molar-refractivity contribution in [3.8, 4) is 17.1 Å². The number of aromatic hydroxyl groups is 1. The van der Waals surface area contributed by atoms with Crippen LogP contribution >= 0.6 is 15.9 Å². The summed E-state index contributed by atoms with van der Waals surface area (Å²) in [6.45, 7) is 0. The van der Waals surface area contributed by atoms with Gasteiger partial charge in [0.05, 0.1) is 0 Å². The van der Waals surface area contributed by atoms with E-state index in [0.29, 0.717) is 5.56 Å². The highest BCUT2D eigenvalue weighted by molar-refractivity contribution is 9.10. The molecule has 116 valence electrons. The predicted molar refractivity (Wildman–Crippen MR) is 82.0 cm³/mol. The van der Waals surface area contributed by atoms with Gasteiger partial charge in [-0.2, -0.15) is 0 Å². The Morgan fingerprint density at radius 3 is 2.52 bits per heavy atom. The Labute approximate surface area is 136 Å². The van der Waals surface area contributed by atoms with Crippen LogP contribution in [0.15, 0.2) is 54.8 Å². The Balaban J connectivity index is 1.94. The Bertz CT molecular complexity index is 920. The van der Waals surface area contributed by atoms with E-state index in [2.05, 4.69) is 31.4 Å². The third-order valence-electron chi connectivity index (χ3n) is 2.84. The minimum atomic E-state index is -0.986. The number of halogens is 1. The fourth-order valence-corrected chi connectivity index (χ4v) is 2.08. The SMILES string of the molecule is O=C(Nc1nnc(Br)o1)c1c(O)cc(-c2ccccc2)oc1=O. The molecule has 23 heavy (non-hydrogen) atoms. The van der Waals surface area contributed by atoms with Crippen LogP contribution in [0.5, 0.6) is 5.75 Å². The van der Waals surface area contributed by atoms with Gasteiger partial charge in [-0.1, -0.05) is 40.5 Å². The van der Waals surface area contributed by atoms with Crippen molar-refractivity contribution in [2.75, 3.05) is 5.32 Å². The second-order valence-electron chi connectivity index (χ2n) is 4.34. The van der Waals surface area contributed by atoms with Crippen LogP contribution in [0.4, 0.5) is 6.01 Å². The molecule has 0 saturated heterocycles. The van der Waals surface area contributed by atoms with Crippen LogP contribution in [0, 0.1) is 0 Å². The lowest BCUT2D eigenvalue weighted by Crippen LogP contribution is -2.21. The summed E-state index contributed by atoms with van der Waals surface area (Å²) in [5, 5.41) is 19.2. The molecule has 0 aliphatic carbocycles. The normalized spacial score (nSPS) is 10.5. The molecule has 2 heterocycles. The van der Waals surface area contributed by atoms with E-state index in [4.69, 9.17) is 8.83 Å². The quantitative estimate of drug-likeness (QED) is 0.718. The van der Waals surface area contributed by atoms with E-state index in [0.717, 1.165) is 0 Å². The number of nitrogens with zero attached hydrogens (tertiary/aromatic N) is 2. The van der Waals surface area contributed by atoms with Gasteiger partial charge < -0.3 is 13.9 Å². The van der Waals surface area contributed by atoms with Crippen LogP contribution in [-0.2, 0) is 0 Å². The smallest absolute Gasteiger partial charge is 0.353 e. The molecule has 0 bridgehead atoms. The largest absolute Gasteiger partial charge is 0.507 e. The number of hydrogen-bond donors (Lipinski definition) is 2. The Hall–Kier alpha value is -2.94. The number of nitrogens with one attached hydrogen (secondary N) is 1. The molecule has 0 aliphatic rings. The van der Waals surface area contributed by atoms with Crippen molar-refractivity contribution in [1.82, 2.24) is 10.2 Å². The molecule has 0 spiro atoms. The maximum absolute atomic E-state index is 12.0. The zero-order chi connectivity index (χ0) is 16.4. The molecular weight excluding hydrogens is 370 g/mol. The van der Waals surface area contributed by atoms with Crippen LogP contribution in [0.2, 0.25) is 0 Å². The van der Waals surface area contributed by atoms with Crippen LogP contribution in [0.3, 0.4) is 0 Å². The Morgan fingerprint density at radius 2 is 1.91 bits per heavy atom. The average Bonchev–Trinajstić information content (AvgIpc) is 2.92. The molecule has 0 radical (unpaired) electrons. The molecule has 0 unspecified atom stereocenters. The number of benzene rings is 1. The van der Waals surface area contributed by atoms with Gasteiger partial charge in [0, 0.05) is 27.6 Å². The molecule has 0 aliphatic heterocycles. The number of aromatic nitrogens is 2. The summed E-state index contributed by atoms with van der Waals surface area (Å²) in [7, 11) is 0. The minimum Gasteiger partial charge on any atom is -0.507 e. The second-order valence-corrected chi connectivity index (χ2v) is 5.02. The highest BCUT2D eigenvalue weighted by atomic mass is 79.9. The molecule has 1 amide bonds. The van der Waals surface area contributed by atoms with E-state index in [9.17, 15) is 14.7 Å². The van der Waals surface area contributed by atoms with E-state index in [1.807, 2.05) is 0 Å². The number of amides is 1. The van der Waals surface area contributed by atoms with Crippen molar-refractivity contribution in [2.45, 2.75) is 0 Å². The van der Waals surface area contributed by atoms with Gasteiger partial charge in [-0.15, -0.1) is 0 Å². The van der Waals surface area contributed by atoms with Gasteiger partial charge in [0.2, 0.25) is 0 Å². The molecule has 0 fully saturated rings. The van der Waals surface area contributed by atoms with E-state index >= 15 is 0 Å². The fourth-order valence-electron chi connectivity index (χ4n) is 1.85. The van der Waals surface area contributed by atoms with Gasteiger partial charge in [0.1, 0.15) is 11.5 Å². The van der Waals surface area contributed by atoms with E-state index in [-0.39, 0.29) is 16.6 Å². The molecule has 3 rings (SSSR count). The highest BCUT2D eigenvalue weighted by Crippen LogP contribution is 2.24. The van der Waals surface area contributed by atoms with Crippen LogP contribution < -0.4 is 10.9 Å². The maximum atomic E-state index is 12.0. The summed E-state index contributed by atoms with van der Waals surface area (Å²) in [5.41, 5.74) is -0.952. The van der Waals surface area contributed by atoms with Crippen molar-refractivity contribution in [3.05, 3.63) is 57.2 Å². The molecule has 3 aromatic rings. The van der Waals surface area contributed by atoms with Gasteiger partial charge in [0.25, 0.3) is 10.7 Å². The van der Waals surface area contributed by atoms with Gasteiger partial charge in [-0.3, -0.25) is 10.1 Å². The van der Waals surface area contributed by atoms with E-state index in [1.165, 1.54) is 6.07 Å². The Kier molecular flexibility index (Phi) is 3.94. The summed E-state index contributed by atoms with van der Waals surface area (Å²) in [5.74, 6) is -1.30. The van der Waals surface area contributed by atoms with Crippen molar-refractivity contribution in [2.24, 2.45) is 0 Å². The fraction of sp³-hybridized carbons (Fsp3) is 0. The van der Waals surface area contributed by atoms with E-state index < -0.39 is 22.8 Å². The van der Waals surface area contributed by atoms with Gasteiger partial charge in [-0.25, -0.2) is 4.79 Å². The third kappa shape index (κ3) is 3.14. The maximum Gasteiger partial charge on any atom is 0.353 e. The molecule has 2 N–H and O–H groups in total. The first-order valence-electron chi connectivity index (χ1n) is 6.27. The molecule has 0 saturated carbocycles. The number of anilines is 1. The summed E-state index contributed by atoms with van der Waals surface area (Å²) in [4.78, 5) is 24.1. The first kappa shape index (κ1) is 15.0. The van der Waals surface area contributed by atoms with Crippen molar-refractivity contribution < 1.29 is 18.7 Å². The lowest BCUT2D eigenvalue weighted by molar-refractivity contribution is 0.101. The number of carbonyl (C=O) groups excluding carboxylic acids is 1. The van der Waals surface area contributed by atoms with Gasteiger partial charge in [-0.05, 0) is 0 Å². The third-order valence-corrected chi connectivity index (χ3v) is 3.16. The zero-order valence-corrected chi connectivity index (χ0v) is 12.9. The standard InChI is InChI=1S/C14H8BrN3O5/c15-13-17-18-14(23-13)16-11(20)10-8(19)6-9(22-12(10)21)7-4-2-1-3-5-7/h1-6,19H,(H,16,18,20). The predicted octanol–water partition coefficient (Wildman–Crippen LogP) is 2.41. The number of hydrogen-bond acceptors (Lipinski definition) is 7. The molecule has 0 atom stereocenters. The van der Waals surface area contributed by atoms with Gasteiger partial charge >= 0.3 is 11.6 Å². The summed E-state index contributed by atoms with van der Waals surface area (Å²) >= 11 is 2.92. The summed E-state index contributed by atoms with van der Waals surface area (Å²) in [6, 6.07) is 9.66. The van der Waals surface area contributed by atoms with Crippen LogP contribution in [-0.4, -0.2) is 21.2 Å². The molecular formula is C14H8BrN3O5. The molecule has 8 nitrogen and oxygen atoms in total. The topological polar surface area (TPSA) is 118 Å². The number of carbonyl (C=O) groups is 1. The van der Waals surface area contributed by atoms with Crippen molar-refractivity contribution in [1.29, 1.82) is 0 Å². The highest BCUT2D eigenvalue weighted by Gasteiger charge is 2.21. The number of rotatable bonds is 3. The summed E-state index contributed by atoms with van der Waals surface area (Å²) in [6.07, 6.45) is 0. The average molecular weight is 378 g/mol. The Morgan fingerprint density at radius 1 is 1.17 bits per heavy atom. The summed E-state index contributed by atoms with van der Waals surface area (Å²) < 4.78 is 9.98. The minimum absolute atomic E-state index is 0.0588. The monoisotopic (exact) mass is 377 g/mol. The molecule has 1 aromatic carbocycles. The second kappa shape index (κ2) is 6.05. The zero-order valence-electron chi connectivity index (χ0n) is 11.3. The van der Waals surface area contributed by atoms with Crippen LogP contribution in [0.1, 0.15) is 10.4 Å². The first-order valence-corrected chi connectivity index (χ1v) is 7.07. The first-order chi connectivity index (χ1) is 11.0. The lowest BCUT2D eigenvalue weighted by Gasteiger charge is -2.05. The lowest BCUT2D eigenvalue weighted by atomic mass is 10.1. The van der Waals surface area contributed by atoms with Crippen molar-refractivity contribution >= 4 is 27.9 Å². The molecule has 9 heteroatoms. The van der Waals surface area contributed by atoms with Crippen molar-refractivity contribution in [3.63, 3.8) is 0 Å². The van der Waals surface area contributed by atoms with Crippen LogP contribution in [0.25, 0.3) is 11.3 Å². The van der Waals surface area contributed by atoms with E-state index in [1.54, 1.807) is 30.3 Å². The molecule has 2 aromatic heterocycles.